The Bertz CT molecular complexity index is 537. The minimum atomic E-state index is -0.890. The van der Waals surface area contributed by atoms with Gasteiger partial charge in [-0.2, -0.15) is 0 Å². The number of nitrogens with zero attached hydrogens (tertiary/aromatic N) is 1. The van der Waals surface area contributed by atoms with Crippen LogP contribution in [0.5, 0.6) is 0 Å². The van der Waals surface area contributed by atoms with E-state index in [9.17, 15) is 9.59 Å². The molecule has 116 valence electrons. The Morgan fingerprint density at radius 1 is 1.29 bits per heavy atom. The molecule has 0 spiro atoms. The summed E-state index contributed by atoms with van der Waals surface area (Å²) in [6, 6.07) is 4.34. The number of rotatable bonds is 6. The van der Waals surface area contributed by atoms with E-state index in [1.54, 1.807) is 44.0 Å². The molecule has 1 aromatic rings. The standard InChI is InChI=1S/C14H18Cl2N2O3/c1-8(14(20)21)7-18(3)9(2)13(19)17-10-4-5-11(15)12(16)6-10/h4-6,8-9H,7H2,1-3H3,(H,17,19)(H,20,21). The largest absolute Gasteiger partial charge is 0.481 e. The fraction of sp³-hybridized carbons (Fsp3) is 0.429. The van der Waals surface area contributed by atoms with Crippen LogP contribution in [-0.4, -0.2) is 41.5 Å². The third-order valence-corrected chi connectivity index (χ3v) is 3.95. The highest BCUT2D eigenvalue weighted by Crippen LogP contribution is 2.25. The molecule has 0 fully saturated rings. The molecule has 0 saturated carbocycles. The normalized spacial score (nSPS) is 13.8. The number of carboxylic acids is 1. The van der Waals surface area contributed by atoms with Crippen LogP contribution in [0.2, 0.25) is 10.0 Å². The van der Waals surface area contributed by atoms with Gasteiger partial charge in [0.25, 0.3) is 0 Å². The van der Waals surface area contributed by atoms with E-state index in [-0.39, 0.29) is 12.5 Å². The Labute approximate surface area is 133 Å². The molecule has 0 radical (unpaired) electrons. The lowest BCUT2D eigenvalue weighted by molar-refractivity contribution is -0.142. The van der Waals surface area contributed by atoms with Gasteiger partial charge < -0.3 is 10.4 Å². The van der Waals surface area contributed by atoms with Crippen molar-refractivity contribution in [2.75, 3.05) is 18.9 Å². The van der Waals surface area contributed by atoms with E-state index in [0.29, 0.717) is 15.7 Å². The predicted octanol–water partition coefficient (Wildman–Crippen LogP) is 2.97. The highest BCUT2D eigenvalue weighted by Gasteiger charge is 2.22. The number of benzene rings is 1. The first-order chi connectivity index (χ1) is 9.72. The molecule has 2 atom stereocenters. The average molecular weight is 333 g/mol. The van der Waals surface area contributed by atoms with Gasteiger partial charge in [-0.25, -0.2) is 0 Å². The van der Waals surface area contributed by atoms with Crippen molar-refractivity contribution >= 4 is 40.8 Å². The van der Waals surface area contributed by atoms with E-state index in [0.717, 1.165) is 0 Å². The molecule has 2 unspecified atom stereocenters. The molecule has 0 saturated heterocycles. The summed E-state index contributed by atoms with van der Waals surface area (Å²) in [7, 11) is 1.71. The topological polar surface area (TPSA) is 69.6 Å². The SMILES string of the molecule is CC(CN(C)C(C)C(=O)Nc1ccc(Cl)c(Cl)c1)C(=O)O. The van der Waals surface area contributed by atoms with Gasteiger partial charge in [-0.15, -0.1) is 0 Å². The Balaban J connectivity index is 2.65. The molecule has 0 bridgehead atoms. The molecule has 1 rings (SSSR count). The summed E-state index contributed by atoms with van der Waals surface area (Å²) in [6.07, 6.45) is 0. The van der Waals surface area contributed by atoms with Crippen molar-refractivity contribution in [3.8, 4) is 0 Å². The predicted molar refractivity (Wildman–Crippen MR) is 84.0 cm³/mol. The van der Waals surface area contributed by atoms with Gasteiger partial charge in [0.05, 0.1) is 22.0 Å². The lowest BCUT2D eigenvalue weighted by atomic mass is 10.1. The minimum absolute atomic E-state index is 0.242. The molecule has 1 amide bonds. The number of carbonyl (C=O) groups excluding carboxylic acids is 1. The summed E-state index contributed by atoms with van der Waals surface area (Å²) >= 11 is 11.7. The van der Waals surface area contributed by atoms with E-state index in [2.05, 4.69) is 5.32 Å². The van der Waals surface area contributed by atoms with E-state index < -0.39 is 17.9 Å². The quantitative estimate of drug-likeness (QED) is 0.840. The fourth-order valence-electron chi connectivity index (χ4n) is 1.69. The first-order valence-corrected chi connectivity index (χ1v) is 7.17. The van der Waals surface area contributed by atoms with Crippen LogP contribution in [-0.2, 0) is 9.59 Å². The van der Waals surface area contributed by atoms with Crippen molar-refractivity contribution in [2.24, 2.45) is 5.92 Å². The zero-order valence-corrected chi connectivity index (χ0v) is 13.6. The van der Waals surface area contributed by atoms with Gasteiger partial charge in [0.1, 0.15) is 0 Å². The van der Waals surface area contributed by atoms with E-state index in [1.807, 2.05) is 0 Å². The second-order valence-electron chi connectivity index (χ2n) is 4.97. The Morgan fingerprint density at radius 2 is 1.90 bits per heavy atom. The molecule has 21 heavy (non-hydrogen) atoms. The summed E-state index contributed by atoms with van der Waals surface area (Å²) in [5.74, 6) is -1.68. The number of hydrogen-bond donors (Lipinski definition) is 2. The number of carboxylic acid groups (broad SMARTS) is 1. The summed E-state index contributed by atoms with van der Waals surface area (Å²) in [5, 5.41) is 12.4. The van der Waals surface area contributed by atoms with Crippen molar-refractivity contribution in [1.82, 2.24) is 4.90 Å². The number of amides is 1. The van der Waals surface area contributed by atoms with Gasteiger partial charge in [0.15, 0.2) is 0 Å². The van der Waals surface area contributed by atoms with Gasteiger partial charge in [-0.05, 0) is 32.2 Å². The zero-order valence-electron chi connectivity index (χ0n) is 12.1. The highest BCUT2D eigenvalue weighted by molar-refractivity contribution is 6.42. The molecule has 0 aliphatic carbocycles. The summed E-state index contributed by atoms with van der Waals surface area (Å²) in [5.41, 5.74) is 0.543. The third-order valence-electron chi connectivity index (χ3n) is 3.21. The summed E-state index contributed by atoms with van der Waals surface area (Å²) in [6.45, 7) is 3.59. The van der Waals surface area contributed by atoms with Crippen LogP contribution in [0.4, 0.5) is 5.69 Å². The first-order valence-electron chi connectivity index (χ1n) is 6.41. The monoisotopic (exact) mass is 332 g/mol. The van der Waals surface area contributed by atoms with E-state index in [4.69, 9.17) is 28.3 Å². The Kier molecular flexibility index (Phi) is 6.45. The first kappa shape index (κ1) is 17.8. The maximum atomic E-state index is 12.1. The van der Waals surface area contributed by atoms with Crippen LogP contribution in [0.25, 0.3) is 0 Å². The number of anilines is 1. The van der Waals surface area contributed by atoms with Crippen molar-refractivity contribution in [1.29, 1.82) is 0 Å². The van der Waals surface area contributed by atoms with Crippen molar-refractivity contribution in [3.05, 3.63) is 28.2 Å². The molecule has 2 N–H and O–H groups in total. The van der Waals surface area contributed by atoms with Crippen LogP contribution in [0.15, 0.2) is 18.2 Å². The molecule has 0 aromatic heterocycles. The molecular weight excluding hydrogens is 315 g/mol. The van der Waals surface area contributed by atoms with Crippen LogP contribution in [0, 0.1) is 5.92 Å². The number of hydrogen-bond acceptors (Lipinski definition) is 3. The maximum Gasteiger partial charge on any atom is 0.307 e. The second kappa shape index (κ2) is 7.64. The summed E-state index contributed by atoms with van der Waals surface area (Å²) < 4.78 is 0. The molecule has 1 aromatic carbocycles. The van der Waals surface area contributed by atoms with Gasteiger partial charge >= 0.3 is 5.97 Å². The molecule has 7 heteroatoms. The Hall–Kier alpha value is -1.30. The third kappa shape index (κ3) is 5.19. The number of carbonyl (C=O) groups is 2. The lowest BCUT2D eigenvalue weighted by Gasteiger charge is -2.25. The number of likely N-dealkylation sites (N-methyl/N-ethyl adjacent to an activating group) is 1. The van der Waals surface area contributed by atoms with Crippen LogP contribution in [0.1, 0.15) is 13.8 Å². The number of aliphatic carboxylic acids is 1. The van der Waals surface area contributed by atoms with E-state index >= 15 is 0 Å². The van der Waals surface area contributed by atoms with Gasteiger partial charge in [0, 0.05) is 12.2 Å². The molecular formula is C14H18Cl2N2O3. The highest BCUT2D eigenvalue weighted by atomic mass is 35.5. The second-order valence-corrected chi connectivity index (χ2v) is 5.79. The average Bonchev–Trinajstić information content (AvgIpc) is 2.41. The Morgan fingerprint density at radius 3 is 2.43 bits per heavy atom. The summed E-state index contributed by atoms with van der Waals surface area (Å²) in [4.78, 5) is 24.6. The lowest BCUT2D eigenvalue weighted by Crippen LogP contribution is -2.42. The fourth-order valence-corrected chi connectivity index (χ4v) is 1.99. The molecule has 0 aliphatic rings. The minimum Gasteiger partial charge on any atom is -0.481 e. The van der Waals surface area contributed by atoms with Crippen molar-refractivity contribution in [3.63, 3.8) is 0 Å². The van der Waals surface area contributed by atoms with E-state index in [1.165, 1.54) is 0 Å². The molecule has 0 heterocycles. The van der Waals surface area contributed by atoms with Crippen molar-refractivity contribution < 1.29 is 14.7 Å². The molecule has 5 nitrogen and oxygen atoms in total. The van der Waals surface area contributed by atoms with Gasteiger partial charge in [0.2, 0.25) is 5.91 Å². The smallest absolute Gasteiger partial charge is 0.307 e. The van der Waals surface area contributed by atoms with Gasteiger partial charge in [-0.3, -0.25) is 14.5 Å². The van der Waals surface area contributed by atoms with Crippen LogP contribution in [0.3, 0.4) is 0 Å². The van der Waals surface area contributed by atoms with Gasteiger partial charge in [-0.1, -0.05) is 30.1 Å². The van der Waals surface area contributed by atoms with Crippen molar-refractivity contribution in [2.45, 2.75) is 19.9 Å². The zero-order chi connectivity index (χ0) is 16.2. The molecule has 0 aliphatic heterocycles. The van der Waals surface area contributed by atoms with Crippen LogP contribution < -0.4 is 5.32 Å². The van der Waals surface area contributed by atoms with Crippen LogP contribution >= 0.6 is 23.2 Å². The number of halogens is 2. The maximum absolute atomic E-state index is 12.1. The number of nitrogens with one attached hydrogen (secondary N) is 1.